The third-order valence-electron chi connectivity index (χ3n) is 2.40. The first kappa shape index (κ1) is 11.4. The maximum absolute atomic E-state index is 11.2. The van der Waals surface area contributed by atoms with E-state index in [1.54, 1.807) is 0 Å². The summed E-state index contributed by atoms with van der Waals surface area (Å²) in [6, 6.07) is -0.243. The summed E-state index contributed by atoms with van der Waals surface area (Å²) in [6.45, 7) is 0.517. The normalized spacial score (nSPS) is 23.4. The molecule has 0 aromatic rings. The van der Waals surface area contributed by atoms with Crippen molar-refractivity contribution in [2.24, 2.45) is 0 Å². The van der Waals surface area contributed by atoms with Gasteiger partial charge in [0, 0.05) is 19.0 Å². The van der Waals surface area contributed by atoms with Crippen molar-refractivity contribution in [3.8, 4) is 0 Å². The van der Waals surface area contributed by atoms with Crippen LogP contribution in [0.2, 0.25) is 0 Å². The van der Waals surface area contributed by atoms with Gasteiger partial charge in [0.05, 0.1) is 19.3 Å². The molecule has 0 bridgehead atoms. The lowest BCUT2D eigenvalue weighted by molar-refractivity contribution is -0.121. The van der Waals surface area contributed by atoms with Crippen LogP contribution in [-0.4, -0.2) is 48.0 Å². The third kappa shape index (κ3) is 3.61. The van der Waals surface area contributed by atoms with Gasteiger partial charge in [0.25, 0.3) is 0 Å². The van der Waals surface area contributed by atoms with Crippen molar-refractivity contribution in [2.45, 2.75) is 31.3 Å². The lowest BCUT2D eigenvalue weighted by Gasteiger charge is -2.20. The van der Waals surface area contributed by atoms with Crippen LogP contribution in [0.3, 0.4) is 0 Å². The van der Waals surface area contributed by atoms with Gasteiger partial charge in [-0.3, -0.25) is 4.79 Å². The number of aliphatic hydroxyl groups excluding tert-OH is 2. The average molecular weight is 202 g/mol. The Balaban J connectivity index is 2.37. The van der Waals surface area contributed by atoms with Crippen LogP contribution >= 0.6 is 0 Å². The first-order valence-corrected chi connectivity index (χ1v) is 5.00. The minimum atomic E-state index is -0.314. The van der Waals surface area contributed by atoms with Gasteiger partial charge in [0.15, 0.2) is 0 Å². The van der Waals surface area contributed by atoms with E-state index in [9.17, 15) is 4.79 Å². The minimum absolute atomic E-state index is 0.0367. The van der Waals surface area contributed by atoms with Crippen LogP contribution in [0.4, 0.5) is 0 Å². The second-order valence-electron chi connectivity index (χ2n) is 3.62. The summed E-state index contributed by atoms with van der Waals surface area (Å²) in [5, 5.41) is 23.6. The summed E-state index contributed by atoms with van der Waals surface area (Å²) in [5.41, 5.74) is 0. The molecule has 0 spiro atoms. The summed E-state index contributed by atoms with van der Waals surface area (Å²) >= 11 is 0. The van der Waals surface area contributed by atoms with Gasteiger partial charge in [0.2, 0.25) is 5.91 Å². The van der Waals surface area contributed by atoms with Crippen molar-refractivity contribution in [2.75, 3.05) is 19.8 Å². The van der Waals surface area contributed by atoms with Crippen LogP contribution in [0, 0.1) is 0 Å². The molecule has 14 heavy (non-hydrogen) atoms. The molecule has 1 rings (SSSR count). The highest BCUT2D eigenvalue weighted by molar-refractivity contribution is 5.76. The molecule has 1 unspecified atom stereocenters. The Morgan fingerprint density at radius 2 is 2.21 bits per heavy atom. The van der Waals surface area contributed by atoms with Gasteiger partial charge in [-0.15, -0.1) is 0 Å². The van der Waals surface area contributed by atoms with E-state index in [1.807, 2.05) is 0 Å². The summed E-state index contributed by atoms with van der Waals surface area (Å²) in [5.74, 6) is 0.0367. The van der Waals surface area contributed by atoms with Gasteiger partial charge in [-0.1, -0.05) is 0 Å². The lowest BCUT2D eigenvalue weighted by Crippen LogP contribution is -2.43. The highest BCUT2D eigenvalue weighted by Gasteiger charge is 2.19. The maximum Gasteiger partial charge on any atom is 0.221 e. The summed E-state index contributed by atoms with van der Waals surface area (Å²) in [7, 11) is 0. The summed E-state index contributed by atoms with van der Waals surface area (Å²) < 4.78 is 0. The number of carbonyl (C=O) groups is 1. The Labute approximate surface area is 83.5 Å². The fourth-order valence-electron chi connectivity index (χ4n) is 1.61. The molecule has 0 aromatic heterocycles. The Hall–Kier alpha value is -0.650. The number of amides is 1. The van der Waals surface area contributed by atoms with Gasteiger partial charge < -0.3 is 20.8 Å². The fraction of sp³-hybridized carbons (Fsp3) is 0.889. The van der Waals surface area contributed by atoms with Crippen LogP contribution < -0.4 is 10.6 Å². The van der Waals surface area contributed by atoms with E-state index in [1.165, 1.54) is 0 Å². The van der Waals surface area contributed by atoms with Crippen LogP contribution in [0.25, 0.3) is 0 Å². The van der Waals surface area contributed by atoms with Gasteiger partial charge in [-0.2, -0.15) is 0 Å². The molecule has 0 aromatic carbocycles. The van der Waals surface area contributed by atoms with Crippen molar-refractivity contribution in [3.05, 3.63) is 0 Å². The number of hydrogen-bond acceptors (Lipinski definition) is 4. The van der Waals surface area contributed by atoms with Gasteiger partial charge >= 0.3 is 0 Å². The second-order valence-corrected chi connectivity index (χ2v) is 3.62. The van der Waals surface area contributed by atoms with Crippen LogP contribution in [-0.2, 0) is 4.79 Å². The van der Waals surface area contributed by atoms with Crippen molar-refractivity contribution in [3.63, 3.8) is 0 Å². The average Bonchev–Trinajstić information content (AvgIpc) is 2.39. The Morgan fingerprint density at radius 3 is 2.86 bits per heavy atom. The predicted molar refractivity (Wildman–Crippen MR) is 51.7 cm³/mol. The van der Waals surface area contributed by atoms with Crippen LogP contribution in [0.5, 0.6) is 0 Å². The second kappa shape index (κ2) is 5.95. The van der Waals surface area contributed by atoms with Crippen molar-refractivity contribution < 1.29 is 15.0 Å². The van der Waals surface area contributed by atoms with E-state index in [4.69, 9.17) is 10.2 Å². The predicted octanol–water partition coefficient (Wildman–Crippen LogP) is -1.40. The number of aliphatic hydroxyl groups is 2. The van der Waals surface area contributed by atoms with Gasteiger partial charge in [-0.05, 0) is 12.8 Å². The molecule has 82 valence electrons. The SMILES string of the molecule is O=C1CC(NC(CO)CO)CCCN1. The molecule has 1 aliphatic rings. The zero-order valence-corrected chi connectivity index (χ0v) is 8.20. The Kier molecular flexibility index (Phi) is 4.86. The molecule has 1 atom stereocenters. The van der Waals surface area contributed by atoms with E-state index in [-0.39, 0.29) is 31.2 Å². The molecule has 0 saturated carbocycles. The molecule has 1 saturated heterocycles. The van der Waals surface area contributed by atoms with Crippen molar-refractivity contribution in [1.29, 1.82) is 0 Å². The topological polar surface area (TPSA) is 81.6 Å². The smallest absolute Gasteiger partial charge is 0.221 e. The summed E-state index contributed by atoms with van der Waals surface area (Å²) in [4.78, 5) is 11.2. The van der Waals surface area contributed by atoms with Crippen molar-refractivity contribution in [1.82, 2.24) is 10.6 Å². The van der Waals surface area contributed by atoms with E-state index in [2.05, 4.69) is 10.6 Å². The molecule has 1 fully saturated rings. The number of rotatable bonds is 4. The molecule has 1 aliphatic heterocycles. The monoisotopic (exact) mass is 202 g/mol. The zero-order valence-electron chi connectivity index (χ0n) is 8.20. The standard InChI is InChI=1S/C9H18N2O3/c12-5-8(6-13)11-7-2-1-3-10-9(14)4-7/h7-8,11-13H,1-6H2,(H,10,14). The quantitative estimate of drug-likeness (QED) is 0.452. The molecule has 0 radical (unpaired) electrons. The number of carbonyl (C=O) groups excluding carboxylic acids is 1. The molecule has 0 aliphatic carbocycles. The maximum atomic E-state index is 11.2. The van der Waals surface area contributed by atoms with E-state index in [0.717, 1.165) is 19.4 Å². The molecular weight excluding hydrogens is 184 g/mol. The van der Waals surface area contributed by atoms with E-state index in [0.29, 0.717) is 6.42 Å². The first-order valence-electron chi connectivity index (χ1n) is 5.00. The minimum Gasteiger partial charge on any atom is -0.395 e. The number of hydrogen-bond donors (Lipinski definition) is 4. The van der Waals surface area contributed by atoms with Crippen LogP contribution in [0.1, 0.15) is 19.3 Å². The van der Waals surface area contributed by atoms with Gasteiger partial charge in [-0.25, -0.2) is 0 Å². The molecular formula is C9H18N2O3. The Bertz CT molecular complexity index is 183. The highest BCUT2D eigenvalue weighted by atomic mass is 16.3. The van der Waals surface area contributed by atoms with Gasteiger partial charge in [0.1, 0.15) is 0 Å². The highest BCUT2D eigenvalue weighted by Crippen LogP contribution is 2.06. The van der Waals surface area contributed by atoms with Crippen LogP contribution in [0.15, 0.2) is 0 Å². The zero-order chi connectivity index (χ0) is 10.4. The van der Waals surface area contributed by atoms with E-state index >= 15 is 0 Å². The molecule has 4 N–H and O–H groups in total. The third-order valence-corrected chi connectivity index (χ3v) is 2.40. The fourth-order valence-corrected chi connectivity index (χ4v) is 1.61. The molecule has 1 heterocycles. The lowest BCUT2D eigenvalue weighted by atomic mass is 10.1. The summed E-state index contributed by atoms with van der Waals surface area (Å²) in [6.07, 6.45) is 2.26. The number of nitrogens with one attached hydrogen (secondary N) is 2. The first-order chi connectivity index (χ1) is 6.76. The molecule has 5 nitrogen and oxygen atoms in total. The molecule has 5 heteroatoms. The van der Waals surface area contributed by atoms with E-state index < -0.39 is 0 Å². The largest absolute Gasteiger partial charge is 0.395 e. The molecule has 1 amide bonds. The Morgan fingerprint density at radius 1 is 1.50 bits per heavy atom. The van der Waals surface area contributed by atoms with Crippen molar-refractivity contribution >= 4 is 5.91 Å².